The minimum Gasteiger partial charge on any atom is -0.598 e. The molecule has 0 spiro atoms. The Morgan fingerprint density at radius 1 is 1.37 bits per heavy atom. The Bertz CT molecular complexity index is 435. The van der Waals surface area contributed by atoms with Gasteiger partial charge in [-0.1, -0.05) is 43.2 Å². The fourth-order valence-electron chi connectivity index (χ4n) is 2.20. The van der Waals surface area contributed by atoms with Gasteiger partial charge >= 0.3 is 0 Å². The molecule has 19 heavy (non-hydrogen) atoms. The molecule has 0 radical (unpaired) electrons. The van der Waals surface area contributed by atoms with Crippen LogP contribution in [-0.4, -0.2) is 9.30 Å². The molecule has 2 N–H and O–H groups in total. The van der Waals surface area contributed by atoms with Crippen molar-refractivity contribution in [2.45, 2.75) is 44.3 Å². The van der Waals surface area contributed by atoms with E-state index >= 15 is 0 Å². The van der Waals surface area contributed by atoms with Gasteiger partial charge in [-0.05, 0) is 49.8 Å². The summed E-state index contributed by atoms with van der Waals surface area (Å²) in [6.45, 7) is 3.87. The first-order chi connectivity index (χ1) is 8.99. The van der Waals surface area contributed by atoms with E-state index in [1.54, 1.807) is 0 Å². The average Bonchev–Trinajstić information content (AvgIpc) is 3.19. The van der Waals surface area contributed by atoms with E-state index < -0.39 is 16.1 Å². The molecule has 0 heterocycles. The monoisotopic (exact) mass is 277 g/mol. The maximum atomic E-state index is 11.6. The number of hydrogen-bond donors (Lipinski definition) is 1. The highest BCUT2D eigenvalue weighted by atomic mass is 32.2. The Balaban J connectivity index is 2.20. The number of rotatable bonds is 6. The van der Waals surface area contributed by atoms with E-state index in [4.69, 9.17) is 5.14 Å². The van der Waals surface area contributed by atoms with Gasteiger partial charge in [-0.2, -0.15) is 5.14 Å². The van der Waals surface area contributed by atoms with Crippen molar-refractivity contribution in [2.24, 2.45) is 11.1 Å². The number of nitrogens with two attached hydrogens (primary N) is 1. The predicted octanol–water partition coefficient (Wildman–Crippen LogP) is 3.66. The van der Waals surface area contributed by atoms with Gasteiger partial charge in [0, 0.05) is 11.4 Å². The normalized spacial score (nSPS) is 18.4. The maximum Gasteiger partial charge on any atom is 0.158 e. The summed E-state index contributed by atoms with van der Waals surface area (Å²) in [5.74, 6) is 0.901. The molecule has 1 aliphatic carbocycles. The first-order valence-corrected chi connectivity index (χ1v) is 8.14. The summed E-state index contributed by atoms with van der Waals surface area (Å²) >= 11 is -1.35. The second-order valence-corrected chi connectivity index (χ2v) is 7.57. The molecule has 3 heteroatoms. The van der Waals surface area contributed by atoms with Crippen molar-refractivity contribution in [3.05, 3.63) is 42.0 Å². The summed E-state index contributed by atoms with van der Waals surface area (Å²) < 4.78 is 11.1. The van der Waals surface area contributed by atoms with Gasteiger partial charge in [-0.25, -0.2) is 0 Å². The second-order valence-electron chi connectivity index (χ2n) is 5.92. The van der Waals surface area contributed by atoms with Gasteiger partial charge in [0.1, 0.15) is 0 Å². The molecule has 0 bridgehead atoms. The molecule has 2 nitrogen and oxygen atoms in total. The van der Waals surface area contributed by atoms with Gasteiger partial charge in [0.2, 0.25) is 0 Å². The first kappa shape index (κ1) is 14.6. The highest BCUT2D eigenvalue weighted by molar-refractivity contribution is 7.90. The van der Waals surface area contributed by atoms with Crippen LogP contribution in [0.4, 0.5) is 0 Å². The van der Waals surface area contributed by atoms with E-state index in [1.807, 2.05) is 32.0 Å². The van der Waals surface area contributed by atoms with Gasteiger partial charge < -0.3 is 4.55 Å². The summed E-state index contributed by atoms with van der Waals surface area (Å²) in [7, 11) is 0. The summed E-state index contributed by atoms with van der Waals surface area (Å²) in [4.78, 5) is 0. The van der Waals surface area contributed by atoms with E-state index in [0.717, 1.165) is 12.3 Å². The van der Waals surface area contributed by atoms with Crippen molar-refractivity contribution in [3.8, 4) is 0 Å². The molecule has 0 aromatic heterocycles. The molecule has 0 saturated heterocycles. The highest BCUT2D eigenvalue weighted by Crippen LogP contribution is 2.37. The lowest BCUT2D eigenvalue weighted by Crippen LogP contribution is -2.36. The van der Waals surface area contributed by atoms with Gasteiger partial charge in [0.05, 0.1) is 0 Å². The van der Waals surface area contributed by atoms with Crippen LogP contribution < -0.4 is 5.14 Å². The van der Waals surface area contributed by atoms with Crippen molar-refractivity contribution >= 4 is 16.9 Å². The Kier molecular flexibility index (Phi) is 4.71. The summed E-state index contributed by atoms with van der Waals surface area (Å²) in [6, 6.07) is 10.4. The molecule has 1 aromatic rings. The minimum absolute atomic E-state index is 0.477. The van der Waals surface area contributed by atoms with E-state index in [1.165, 1.54) is 30.4 Å². The van der Waals surface area contributed by atoms with Crippen LogP contribution in [0, 0.1) is 5.92 Å². The third kappa shape index (κ3) is 4.37. The first-order valence-electron chi connectivity index (χ1n) is 6.92. The molecule has 2 rings (SSSR count). The Hall–Kier alpha value is -0.770. The Morgan fingerprint density at radius 3 is 2.53 bits per heavy atom. The number of benzene rings is 1. The zero-order chi connectivity index (χ0) is 13.9. The topological polar surface area (TPSA) is 49.1 Å². The van der Waals surface area contributed by atoms with E-state index in [-0.39, 0.29) is 0 Å². The molecular weight excluding hydrogens is 254 g/mol. The average molecular weight is 277 g/mol. The van der Waals surface area contributed by atoms with Crippen molar-refractivity contribution in [3.63, 3.8) is 0 Å². The number of hydrogen-bond acceptors (Lipinski definition) is 2. The smallest absolute Gasteiger partial charge is 0.158 e. The molecule has 1 aromatic carbocycles. The van der Waals surface area contributed by atoms with Crippen LogP contribution in [0.15, 0.2) is 36.4 Å². The SMILES string of the molecule is CC(C)(/C=C(/CCC1CC1)c1ccccc1)[S+](N)[O-]. The lowest BCUT2D eigenvalue weighted by Gasteiger charge is -2.22. The Morgan fingerprint density at radius 2 is 2.00 bits per heavy atom. The molecule has 104 valence electrons. The number of allylic oxidation sites excluding steroid dienone is 1. The third-order valence-corrected chi connectivity index (χ3v) is 4.86. The fourth-order valence-corrected chi connectivity index (χ4v) is 2.45. The van der Waals surface area contributed by atoms with Crippen LogP contribution >= 0.6 is 0 Å². The van der Waals surface area contributed by atoms with Gasteiger partial charge in [0.25, 0.3) is 0 Å². The summed E-state index contributed by atoms with van der Waals surface area (Å²) in [5, 5.41) is 5.59. The van der Waals surface area contributed by atoms with Crippen molar-refractivity contribution in [1.29, 1.82) is 0 Å². The molecular formula is C16H23NOS. The van der Waals surface area contributed by atoms with Gasteiger partial charge in [0.15, 0.2) is 4.75 Å². The van der Waals surface area contributed by atoms with Crippen molar-refractivity contribution in [1.82, 2.24) is 0 Å². The van der Waals surface area contributed by atoms with Crippen molar-refractivity contribution in [2.75, 3.05) is 0 Å². The standard InChI is InChI=1S/C16H23NOS/c1-16(2,19(17)18)12-15(11-10-13-8-9-13)14-6-4-3-5-7-14/h3-7,12-13H,8-11,17H2,1-2H3/b15-12-. The van der Waals surface area contributed by atoms with E-state index in [0.29, 0.717) is 0 Å². The largest absolute Gasteiger partial charge is 0.598 e. The van der Waals surface area contributed by atoms with Crippen LogP contribution in [-0.2, 0) is 11.4 Å². The zero-order valence-corrected chi connectivity index (χ0v) is 12.6. The second kappa shape index (κ2) is 6.12. The van der Waals surface area contributed by atoms with Gasteiger partial charge in [-0.15, -0.1) is 0 Å². The van der Waals surface area contributed by atoms with E-state index in [9.17, 15) is 4.55 Å². The quantitative estimate of drug-likeness (QED) is 0.807. The summed E-state index contributed by atoms with van der Waals surface area (Å²) in [5.41, 5.74) is 2.50. The molecule has 1 aliphatic rings. The molecule has 0 amide bonds. The zero-order valence-electron chi connectivity index (χ0n) is 11.8. The maximum absolute atomic E-state index is 11.6. The lowest BCUT2D eigenvalue weighted by molar-refractivity contribution is 0.573. The predicted molar refractivity (Wildman–Crippen MR) is 82.8 cm³/mol. The Labute approximate surface area is 119 Å². The highest BCUT2D eigenvalue weighted by Gasteiger charge is 2.28. The van der Waals surface area contributed by atoms with Gasteiger partial charge in [-0.3, -0.25) is 0 Å². The molecule has 1 fully saturated rings. The molecule has 1 atom stereocenters. The third-order valence-electron chi connectivity index (χ3n) is 3.70. The van der Waals surface area contributed by atoms with Crippen LogP contribution in [0.2, 0.25) is 0 Å². The van der Waals surface area contributed by atoms with Crippen LogP contribution in [0.25, 0.3) is 5.57 Å². The molecule has 1 unspecified atom stereocenters. The van der Waals surface area contributed by atoms with Crippen LogP contribution in [0.5, 0.6) is 0 Å². The van der Waals surface area contributed by atoms with Crippen molar-refractivity contribution < 1.29 is 4.55 Å². The fraction of sp³-hybridized carbons (Fsp3) is 0.500. The molecule has 1 saturated carbocycles. The summed E-state index contributed by atoms with van der Waals surface area (Å²) in [6.07, 6.45) is 7.12. The van der Waals surface area contributed by atoms with E-state index in [2.05, 4.69) is 18.2 Å². The minimum atomic E-state index is -1.35. The van der Waals surface area contributed by atoms with Crippen LogP contribution in [0.3, 0.4) is 0 Å². The molecule has 0 aliphatic heterocycles. The lowest BCUT2D eigenvalue weighted by atomic mass is 9.96. The van der Waals surface area contributed by atoms with Crippen LogP contribution in [0.1, 0.15) is 45.1 Å².